The molecule has 44 valence electrons. The van der Waals surface area contributed by atoms with Crippen LogP contribution in [0.25, 0.3) is 0 Å². The summed E-state index contributed by atoms with van der Waals surface area (Å²) in [5.74, 6) is -0.958. The van der Waals surface area contributed by atoms with Crippen LogP contribution in [0.5, 0.6) is 0 Å². The first-order chi connectivity index (χ1) is 3.80. The van der Waals surface area contributed by atoms with Crippen molar-refractivity contribution in [3.63, 3.8) is 0 Å². The molecule has 1 rings (SSSR count). The van der Waals surface area contributed by atoms with Gasteiger partial charge in [-0.25, -0.2) is 9.78 Å². The minimum atomic E-state index is -0.958. The second kappa shape index (κ2) is 3.67. The Hall–Kier alpha value is -0.303. The molecule has 0 aliphatic carbocycles. The summed E-state index contributed by atoms with van der Waals surface area (Å²) in [7, 11) is 0. The quantitative estimate of drug-likeness (QED) is 0.562. The molecule has 0 unspecified atom stereocenters. The first-order valence-corrected chi connectivity index (χ1v) is 2.81. The molecule has 0 aliphatic rings. The molecule has 3 nitrogen and oxygen atoms in total. The van der Waals surface area contributed by atoms with Crippen LogP contribution in [0.15, 0.2) is 11.6 Å². The third-order valence-electron chi connectivity index (χ3n) is 0.615. The molecule has 0 saturated carbocycles. The van der Waals surface area contributed by atoms with Crippen molar-refractivity contribution in [1.29, 1.82) is 0 Å². The molecule has 1 heterocycles. The molecule has 0 aliphatic heterocycles. The van der Waals surface area contributed by atoms with Gasteiger partial charge in [0.1, 0.15) is 0 Å². The first kappa shape index (κ1) is 8.70. The zero-order chi connectivity index (χ0) is 5.98. The molecule has 0 atom stereocenters. The second-order valence-electron chi connectivity index (χ2n) is 1.14. The van der Waals surface area contributed by atoms with Gasteiger partial charge in [0.25, 0.3) is 0 Å². The maximum atomic E-state index is 10.0. The van der Waals surface area contributed by atoms with Gasteiger partial charge in [0.15, 0.2) is 0 Å². The van der Waals surface area contributed by atoms with Crippen LogP contribution in [0, 0.1) is 0 Å². The number of carboxylic acids is 1. The number of carboxylic acid groups (broad SMARTS) is 1. The van der Waals surface area contributed by atoms with E-state index < -0.39 is 5.97 Å². The normalized spacial score (nSPS) is 8.00. The molecule has 1 aromatic heterocycles. The number of hydrogen-bond acceptors (Lipinski definition) is 3. The van der Waals surface area contributed by atoms with Crippen LogP contribution >= 0.6 is 11.3 Å². The molecule has 0 amide bonds. The van der Waals surface area contributed by atoms with Crippen molar-refractivity contribution in [2.24, 2.45) is 0 Å². The molecule has 0 spiro atoms. The van der Waals surface area contributed by atoms with E-state index in [4.69, 9.17) is 5.11 Å². The van der Waals surface area contributed by atoms with Crippen LogP contribution in [0.1, 0.15) is 9.80 Å². The van der Waals surface area contributed by atoms with E-state index in [0.717, 1.165) is 11.3 Å². The van der Waals surface area contributed by atoms with E-state index in [2.05, 4.69) is 4.98 Å². The van der Waals surface area contributed by atoms with Crippen molar-refractivity contribution in [2.45, 2.75) is 0 Å². The van der Waals surface area contributed by atoms with Gasteiger partial charge in [-0.15, -0.1) is 11.3 Å². The summed E-state index contributed by atoms with van der Waals surface area (Å²) in [6.07, 6.45) is 1.47. The van der Waals surface area contributed by atoms with Gasteiger partial charge < -0.3 is 5.11 Å². The summed E-state index contributed by atoms with van der Waals surface area (Å²) >= 11 is 1.12. The van der Waals surface area contributed by atoms with Crippen molar-refractivity contribution in [3.8, 4) is 0 Å². The Morgan fingerprint density at radius 3 is 2.67 bits per heavy atom. The van der Waals surface area contributed by atoms with Gasteiger partial charge in [-0.3, -0.25) is 0 Å². The first-order valence-electron chi connectivity index (χ1n) is 1.93. The van der Waals surface area contributed by atoms with Crippen molar-refractivity contribution >= 4 is 36.2 Å². The Labute approximate surface area is 67.9 Å². The van der Waals surface area contributed by atoms with E-state index in [0.29, 0.717) is 0 Å². The summed E-state index contributed by atoms with van der Waals surface area (Å²) in [4.78, 5) is 13.5. The van der Waals surface area contributed by atoms with Crippen molar-refractivity contribution in [1.82, 2.24) is 4.98 Å². The third-order valence-corrected chi connectivity index (χ3v) is 1.38. The third kappa shape index (κ3) is 2.18. The predicted octanol–water partition coefficient (Wildman–Crippen LogP) is 0.193. The number of carbonyl (C=O) groups is 1. The van der Waals surface area contributed by atoms with E-state index in [9.17, 15) is 4.79 Å². The Kier molecular flexibility index (Phi) is 3.55. The maximum absolute atomic E-state index is 10.0. The molecular formula is C4H4LiNO2S. The molecule has 0 aromatic carbocycles. The van der Waals surface area contributed by atoms with Crippen LogP contribution in [0.4, 0.5) is 0 Å². The van der Waals surface area contributed by atoms with Crippen LogP contribution in [-0.4, -0.2) is 34.9 Å². The van der Waals surface area contributed by atoms with Crippen LogP contribution in [-0.2, 0) is 0 Å². The summed E-state index contributed by atoms with van der Waals surface area (Å²) in [6, 6.07) is 0. The molecule has 1 aromatic rings. The number of aromatic carboxylic acids is 1. The number of rotatable bonds is 1. The molecule has 0 fully saturated rings. The fourth-order valence-corrected chi connectivity index (χ4v) is 0.802. The van der Waals surface area contributed by atoms with Gasteiger partial charge in [0, 0.05) is 11.6 Å². The van der Waals surface area contributed by atoms with Crippen molar-refractivity contribution in [2.75, 3.05) is 0 Å². The summed E-state index contributed by atoms with van der Waals surface area (Å²) in [6.45, 7) is 0. The molecule has 9 heavy (non-hydrogen) atoms. The van der Waals surface area contributed by atoms with Gasteiger partial charge >= 0.3 is 24.8 Å². The standard InChI is InChI=1S/C4H3NO2S.Li.H/c6-4(7)3-5-1-2-8-3;;/h1-2H,(H,6,7);;. The molecule has 0 bridgehead atoms. The summed E-state index contributed by atoms with van der Waals surface area (Å²) in [5, 5.41) is 9.99. The van der Waals surface area contributed by atoms with Crippen LogP contribution in [0.3, 0.4) is 0 Å². The Balaban J connectivity index is 0.000000640. The molecule has 0 radical (unpaired) electrons. The van der Waals surface area contributed by atoms with Gasteiger partial charge in [0.05, 0.1) is 0 Å². The number of thiazole rings is 1. The van der Waals surface area contributed by atoms with Gasteiger partial charge in [-0.2, -0.15) is 0 Å². The average molecular weight is 137 g/mol. The molecule has 0 saturated heterocycles. The van der Waals surface area contributed by atoms with E-state index in [1.165, 1.54) is 6.20 Å². The summed E-state index contributed by atoms with van der Waals surface area (Å²) < 4.78 is 0. The topological polar surface area (TPSA) is 50.2 Å². The zero-order valence-electron chi connectivity index (χ0n) is 3.87. The van der Waals surface area contributed by atoms with Gasteiger partial charge in [-0.1, -0.05) is 0 Å². The summed E-state index contributed by atoms with van der Waals surface area (Å²) in [5.41, 5.74) is 0. The van der Waals surface area contributed by atoms with Crippen LogP contribution in [0.2, 0.25) is 0 Å². The molecule has 5 heteroatoms. The van der Waals surface area contributed by atoms with Gasteiger partial charge in [-0.05, 0) is 0 Å². The van der Waals surface area contributed by atoms with Gasteiger partial charge in [0.2, 0.25) is 5.01 Å². The Morgan fingerprint density at radius 1 is 1.78 bits per heavy atom. The number of aromatic nitrogens is 1. The Bertz CT molecular complexity index is 186. The number of nitrogens with zero attached hydrogens (tertiary/aromatic N) is 1. The van der Waals surface area contributed by atoms with E-state index in [1.54, 1.807) is 5.38 Å². The SMILES string of the molecule is O=C(O)c1nccs1.[LiH]. The Morgan fingerprint density at radius 2 is 2.44 bits per heavy atom. The second-order valence-corrected chi connectivity index (χ2v) is 2.04. The fraction of sp³-hybridized carbons (Fsp3) is 0. The van der Waals surface area contributed by atoms with Crippen LogP contribution < -0.4 is 0 Å². The molecular weight excluding hydrogens is 133 g/mol. The monoisotopic (exact) mass is 137 g/mol. The number of hydrogen-bond donors (Lipinski definition) is 1. The minimum absolute atomic E-state index is 0. The predicted molar refractivity (Wildman–Crippen MR) is 36.2 cm³/mol. The average Bonchev–Trinajstić information content (AvgIpc) is 2.12. The fourth-order valence-electron chi connectivity index (χ4n) is 0.329. The van der Waals surface area contributed by atoms with E-state index in [-0.39, 0.29) is 23.9 Å². The van der Waals surface area contributed by atoms with E-state index >= 15 is 0 Å². The van der Waals surface area contributed by atoms with E-state index in [1.807, 2.05) is 0 Å². The molecule has 1 N–H and O–H groups in total. The zero-order valence-corrected chi connectivity index (χ0v) is 4.68. The van der Waals surface area contributed by atoms with Crippen molar-refractivity contribution in [3.05, 3.63) is 16.6 Å². The van der Waals surface area contributed by atoms with Crippen molar-refractivity contribution < 1.29 is 9.90 Å².